The van der Waals surface area contributed by atoms with Crippen LogP contribution >= 0.6 is 0 Å². The Labute approximate surface area is 184 Å². The molecular weight excluding hydrogens is 427 g/mol. The van der Waals surface area contributed by atoms with E-state index in [-0.39, 0.29) is 44.4 Å². The molecule has 0 aliphatic carbocycles. The van der Waals surface area contributed by atoms with E-state index in [9.17, 15) is 28.4 Å². The van der Waals surface area contributed by atoms with Gasteiger partial charge in [-0.15, -0.1) is 0 Å². The molecule has 0 aliphatic heterocycles. The maximum atomic E-state index is 12.9. The highest BCUT2D eigenvalue weighted by Crippen LogP contribution is 2.02. The van der Waals surface area contributed by atoms with Crippen LogP contribution in [-0.4, -0.2) is 60.8 Å². The second-order valence-corrected chi connectivity index (χ2v) is 6.69. The molecule has 12 heteroatoms. The molecule has 0 aromatic heterocycles. The van der Waals surface area contributed by atoms with Crippen molar-refractivity contribution in [3.63, 3.8) is 0 Å². The quantitative estimate of drug-likeness (QED) is 0.155. The van der Waals surface area contributed by atoms with Crippen molar-refractivity contribution in [1.82, 2.24) is 21.3 Å². The van der Waals surface area contributed by atoms with Gasteiger partial charge in [-0.1, -0.05) is 13.3 Å². The van der Waals surface area contributed by atoms with Gasteiger partial charge in [-0.25, -0.2) is 14.0 Å². The van der Waals surface area contributed by atoms with Gasteiger partial charge in [-0.05, 0) is 37.1 Å². The Kier molecular flexibility index (Phi) is 11.8. The van der Waals surface area contributed by atoms with Crippen LogP contribution in [0.25, 0.3) is 0 Å². The van der Waals surface area contributed by atoms with Crippen molar-refractivity contribution in [3.05, 3.63) is 35.6 Å². The molecule has 2 atom stereocenters. The first-order valence-corrected chi connectivity index (χ1v) is 9.96. The van der Waals surface area contributed by atoms with Crippen molar-refractivity contribution in [3.8, 4) is 0 Å². The zero-order chi connectivity index (χ0) is 23.9. The standard InChI is InChI=1S/C20H27FN4O7/c1-2-4-15(19(29)30)24-20(31)23-11-17(32-12-26)25-16(27)5-3-10-22-18(28)13-6-8-14(21)9-7-13/h6-9,12,15,17H,2-5,10-11H2,1H3,(H,22,28)(H,25,27)(H,29,30)(H2,23,24,31)/t15-,17+/m0/s1. The fraction of sp³-hybridized carbons (Fsp3) is 0.450. The number of carbonyl (C=O) groups excluding carboxylic acids is 4. The average Bonchev–Trinajstić information content (AvgIpc) is 2.75. The molecule has 0 heterocycles. The van der Waals surface area contributed by atoms with Gasteiger partial charge in [0, 0.05) is 18.5 Å². The Balaban J connectivity index is 2.36. The molecule has 5 N–H and O–H groups in total. The van der Waals surface area contributed by atoms with Gasteiger partial charge in [-0.2, -0.15) is 0 Å². The summed E-state index contributed by atoms with van der Waals surface area (Å²) in [5, 5.41) is 18.6. The highest BCUT2D eigenvalue weighted by molar-refractivity contribution is 5.94. The normalized spacial score (nSPS) is 12.1. The third-order valence-corrected chi connectivity index (χ3v) is 4.14. The molecule has 0 aliphatic rings. The number of hydrogen-bond acceptors (Lipinski definition) is 6. The number of rotatable bonds is 14. The van der Waals surface area contributed by atoms with E-state index >= 15 is 0 Å². The number of benzene rings is 1. The van der Waals surface area contributed by atoms with E-state index in [2.05, 4.69) is 21.3 Å². The molecule has 1 aromatic carbocycles. The highest BCUT2D eigenvalue weighted by atomic mass is 19.1. The van der Waals surface area contributed by atoms with Crippen LogP contribution in [0.4, 0.5) is 9.18 Å². The van der Waals surface area contributed by atoms with Gasteiger partial charge in [0.15, 0.2) is 6.23 Å². The summed E-state index contributed by atoms with van der Waals surface area (Å²) in [4.78, 5) is 57.4. The molecule has 176 valence electrons. The van der Waals surface area contributed by atoms with Crippen molar-refractivity contribution < 1.29 is 38.2 Å². The molecule has 0 spiro atoms. The fourth-order valence-electron chi connectivity index (χ4n) is 2.55. The predicted octanol–water partition coefficient (Wildman–Crippen LogP) is 0.504. The van der Waals surface area contributed by atoms with Crippen molar-refractivity contribution in [1.29, 1.82) is 0 Å². The predicted molar refractivity (Wildman–Crippen MR) is 110 cm³/mol. The molecule has 1 aromatic rings. The monoisotopic (exact) mass is 454 g/mol. The van der Waals surface area contributed by atoms with Crippen LogP contribution in [-0.2, 0) is 19.1 Å². The molecule has 0 bridgehead atoms. The summed E-state index contributed by atoms with van der Waals surface area (Å²) in [6.45, 7) is 1.77. The van der Waals surface area contributed by atoms with Crippen LogP contribution in [0.2, 0.25) is 0 Å². The SMILES string of the molecule is CCC[C@H](NC(=O)NC[C@H](NC(=O)CCCNC(=O)c1ccc(F)cc1)OC=O)C(=O)O. The molecule has 0 saturated carbocycles. The number of halogens is 1. The summed E-state index contributed by atoms with van der Waals surface area (Å²) in [5.41, 5.74) is 0.281. The van der Waals surface area contributed by atoms with E-state index in [0.717, 1.165) is 12.1 Å². The summed E-state index contributed by atoms with van der Waals surface area (Å²) in [6.07, 6.45) is -0.0988. The Morgan fingerprint density at radius 3 is 2.41 bits per heavy atom. The number of carboxylic acid groups (broad SMARTS) is 1. The van der Waals surface area contributed by atoms with Crippen LogP contribution in [0.3, 0.4) is 0 Å². The maximum absolute atomic E-state index is 12.9. The molecule has 32 heavy (non-hydrogen) atoms. The second-order valence-electron chi connectivity index (χ2n) is 6.69. The fourth-order valence-corrected chi connectivity index (χ4v) is 2.55. The topological polar surface area (TPSA) is 163 Å². The molecule has 11 nitrogen and oxygen atoms in total. The Hall–Kier alpha value is -3.70. The number of hydrogen-bond donors (Lipinski definition) is 5. The lowest BCUT2D eigenvalue weighted by Gasteiger charge is -2.19. The number of carbonyl (C=O) groups is 5. The minimum Gasteiger partial charge on any atom is -0.480 e. The molecular formula is C20H27FN4O7. The lowest BCUT2D eigenvalue weighted by atomic mass is 10.2. The molecule has 4 amide bonds. The number of carboxylic acids is 1. The zero-order valence-corrected chi connectivity index (χ0v) is 17.6. The largest absolute Gasteiger partial charge is 0.480 e. The van der Waals surface area contributed by atoms with Gasteiger partial charge < -0.3 is 31.1 Å². The van der Waals surface area contributed by atoms with Crippen molar-refractivity contribution in [2.45, 2.75) is 44.9 Å². The number of aliphatic carboxylic acids is 1. The van der Waals surface area contributed by atoms with E-state index in [1.807, 2.05) is 0 Å². The number of amides is 4. The Bertz CT molecular complexity index is 789. The summed E-state index contributed by atoms with van der Waals surface area (Å²) in [6, 6.07) is 3.14. The van der Waals surface area contributed by atoms with E-state index in [0.29, 0.717) is 6.42 Å². The van der Waals surface area contributed by atoms with Gasteiger partial charge in [-0.3, -0.25) is 14.4 Å². The number of urea groups is 1. The number of nitrogens with one attached hydrogen (secondary N) is 4. The summed E-state index contributed by atoms with van der Waals surface area (Å²) in [5.74, 6) is -2.54. The van der Waals surface area contributed by atoms with Gasteiger partial charge in [0.1, 0.15) is 11.9 Å². The summed E-state index contributed by atoms with van der Waals surface area (Å²) in [7, 11) is 0. The van der Waals surface area contributed by atoms with Crippen LogP contribution < -0.4 is 21.3 Å². The van der Waals surface area contributed by atoms with Gasteiger partial charge >= 0.3 is 12.0 Å². The maximum Gasteiger partial charge on any atom is 0.326 e. The third-order valence-electron chi connectivity index (χ3n) is 4.14. The first-order valence-electron chi connectivity index (χ1n) is 9.96. The third kappa shape index (κ3) is 10.4. The van der Waals surface area contributed by atoms with Crippen molar-refractivity contribution >= 4 is 30.3 Å². The molecule has 0 unspecified atom stereocenters. The lowest BCUT2D eigenvalue weighted by Crippen LogP contribution is -2.51. The van der Waals surface area contributed by atoms with Gasteiger partial charge in [0.2, 0.25) is 5.91 Å². The van der Waals surface area contributed by atoms with Crippen LogP contribution in [0.15, 0.2) is 24.3 Å². The minimum atomic E-state index is -1.18. The average molecular weight is 454 g/mol. The van der Waals surface area contributed by atoms with E-state index in [1.54, 1.807) is 6.92 Å². The smallest absolute Gasteiger partial charge is 0.326 e. The molecule has 0 fully saturated rings. The lowest BCUT2D eigenvalue weighted by molar-refractivity contribution is -0.139. The first-order chi connectivity index (χ1) is 15.3. The van der Waals surface area contributed by atoms with Gasteiger partial charge in [0.25, 0.3) is 12.4 Å². The Morgan fingerprint density at radius 2 is 1.81 bits per heavy atom. The van der Waals surface area contributed by atoms with E-state index in [1.165, 1.54) is 12.1 Å². The second kappa shape index (κ2) is 14.3. The zero-order valence-electron chi connectivity index (χ0n) is 17.6. The molecule has 0 saturated heterocycles. The van der Waals surface area contributed by atoms with Crippen LogP contribution in [0.1, 0.15) is 43.0 Å². The van der Waals surface area contributed by atoms with E-state index < -0.39 is 41.9 Å². The highest BCUT2D eigenvalue weighted by Gasteiger charge is 2.20. The Morgan fingerprint density at radius 1 is 1.12 bits per heavy atom. The minimum absolute atomic E-state index is 0.00774. The van der Waals surface area contributed by atoms with Gasteiger partial charge in [0.05, 0.1) is 6.54 Å². The van der Waals surface area contributed by atoms with Crippen LogP contribution in [0, 0.1) is 5.82 Å². The summed E-state index contributed by atoms with van der Waals surface area (Å²) >= 11 is 0. The van der Waals surface area contributed by atoms with E-state index in [4.69, 9.17) is 9.84 Å². The number of ether oxygens (including phenoxy) is 1. The van der Waals surface area contributed by atoms with Crippen molar-refractivity contribution in [2.75, 3.05) is 13.1 Å². The molecule has 0 radical (unpaired) electrons. The van der Waals surface area contributed by atoms with Crippen molar-refractivity contribution in [2.24, 2.45) is 0 Å². The first kappa shape index (κ1) is 26.3. The molecule has 1 rings (SSSR count). The summed E-state index contributed by atoms with van der Waals surface area (Å²) < 4.78 is 17.6. The van der Waals surface area contributed by atoms with Crippen LogP contribution in [0.5, 0.6) is 0 Å².